The molecule has 1 aromatic carbocycles. The molecule has 9 nitrogen and oxygen atoms in total. The van der Waals surface area contributed by atoms with Crippen LogP contribution in [0.25, 0.3) is 17.0 Å². The van der Waals surface area contributed by atoms with E-state index < -0.39 is 12.1 Å². The normalized spacial score (nSPS) is 15.0. The van der Waals surface area contributed by atoms with Gasteiger partial charge in [0.25, 0.3) is 0 Å². The summed E-state index contributed by atoms with van der Waals surface area (Å²) in [6.45, 7) is 5.29. The van der Waals surface area contributed by atoms with Crippen LogP contribution in [0.5, 0.6) is 0 Å². The molecule has 4 aromatic rings. The second-order valence-electron chi connectivity index (χ2n) is 8.73. The second-order valence-corrected chi connectivity index (χ2v) is 8.73. The number of likely N-dealkylation sites (tertiary alicyclic amines) is 1. The molecule has 190 valence electrons. The molecule has 1 aliphatic heterocycles. The number of fused-ring (bicyclic) bond motifs is 1. The Morgan fingerprint density at radius 2 is 1.83 bits per heavy atom. The van der Waals surface area contributed by atoms with Crippen LogP contribution < -0.4 is 0 Å². The molecule has 1 fully saturated rings. The van der Waals surface area contributed by atoms with Gasteiger partial charge in [0.15, 0.2) is 11.5 Å². The predicted octanol–water partition coefficient (Wildman–Crippen LogP) is 3.85. The van der Waals surface area contributed by atoms with E-state index in [0.717, 1.165) is 55.3 Å². The lowest BCUT2D eigenvalue weighted by molar-refractivity contribution is -0.192. The Hall–Kier alpha value is -3.80. The summed E-state index contributed by atoms with van der Waals surface area (Å²) in [6, 6.07) is 14.7. The van der Waals surface area contributed by atoms with Crippen molar-refractivity contribution in [2.24, 2.45) is 7.05 Å². The molecule has 0 bridgehead atoms. The third-order valence-corrected chi connectivity index (χ3v) is 6.05. The lowest BCUT2D eigenvalue weighted by atomic mass is 9.95. The first kappa shape index (κ1) is 25.3. The van der Waals surface area contributed by atoms with Crippen molar-refractivity contribution in [2.45, 2.75) is 38.4 Å². The van der Waals surface area contributed by atoms with Crippen molar-refractivity contribution in [1.29, 1.82) is 0 Å². The molecule has 0 atom stereocenters. The number of carbonyl (C=O) groups is 1. The van der Waals surface area contributed by atoms with Crippen molar-refractivity contribution < 1.29 is 23.1 Å². The zero-order valence-electron chi connectivity index (χ0n) is 19.9. The van der Waals surface area contributed by atoms with E-state index >= 15 is 0 Å². The molecule has 12 heteroatoms. The van der Waals surface area contributed by atoms with Crippen molar-refractivity contribution in [3.05, 3.63) is 65.6 Å². The Labute approximate surface area is 205 Å². The standard InChI is InChI=1S/C22H25N7.C2HF3O2/c1-16-4-3-5-17(14-16)15-28-12-9-18(10-13-28)22-25-24-21-7-6-19(26-29(21)22)20-8-11-23-27(20)2;3-2(4,5)1(6)7/h3-8,11,14,18H,9-10,12-13,15H2,1-2H3;(H,6,7). The molecule has 1 N–H and O–H groups in total. The molecular weight excluding hydrogens is 475 g/mol. The fourth-order valence-electron chi connectivity index (χ4n) is 4.24. The summed E-state index contributed by atoms with van der Waals surface area (Å²) < 4.78 is 35.5. The van der Waals surface area contributed by atoms with Crippen LogP contribution in [0.4, 0.5) is 13.2 Å². The van der Waals surface area contributed by atoms with Crippen LogP contribution in [0.1, 0.15) is 35.7 Å². The van der Waals surface area contributed by atoms with Gasteiger partial charge in [0, 0.05) is 25.7 Å². The smallest absolute Gasteiger partial charge is 0.475 e. The Kier molecular flexibility index (Phi) is 7.34. The number of aromatic nitrogens is 6. The number of rotatable bonds is 4. The highest BCUT2D eigenvalue weighted by molar-refractivity contribution is 5.73. The summed E-state index contributed by atoms with van der Waals surface area (Å²) in [6.07, 6.45) is -1.15. The van der Waals surface area contributed by atoms with Gasteiger partial charge >= 0.3 is 12.1 Å². The molecule has 36 heavy (non-hydrogen) atoms. The molecule has 0 spiro atoms. The summed E-state index contributed by atoms with van der Waals surface area (Å²) >= 11 is 0. The van der Waals surface area contributed by atoms with Gasteiger partial charge in [-0.1, -0.05) is 29.8 Å². The molecule has 0 amide bonds. The summed E-state index contributed by atoms with van der Waals surface area (Å²) in [5, 5.41) is 25.0. The molecular formula is C24H26F3N7O2. The maximum absolute atomic E-state index is 10.6. The number of carboxylic acid groups (broad SMARTS) is 1. The molecule has 0 aliphatic carbocycles. The second kappa shape index (κ2) is 10.4. The average Bonchev–Trinajstić information content (AvgIpc) is 3.45. The number of aliphatic carboxylic acids is 1. The third-order valence-electron chi connectivity index (χ3n) is 6.05. The van der Waals surface area contributed by atoms with Gasteiger partial charge in [-0.2, -0.15) is 27.9 Å². The highest BCUT2D eigenvalue weighted by Crippen LogP contribution is 2.28. The molecule has 0 saturated carbocycles. The fourth-order valence-corrected chi connectivity index (χ4v) is 4.24. The van der Waals surface area contributed by atoms with Gasteiger partial charge < -0.3 is 5.11 Å². The van der Waals surface area contributed by atoms with Crippen LogP contribution >= 0.6 is 0 Å². The number of carboxylic acids is 1. The summed E-state index contributed by atoms with van der Waals surface area (Å²) in [5.41, 5.74) is 5.38. The van der Waals surface area contributed by atoms with E-state index in [-0.39, 0.29) is 0 Å². The molecule has 3 aromatic heterocycles. The van der Waals surface area contributed by atoms with E-state index in [2.05, 4.69) is 51.4 Å². The monoisotopic (exact) mass is 501 g/mol. The highest BCUT2D eigenvalue weighted by Gasteiger charge is 2.38. The summed E-state index contributed by atoms with van der Waals surface area (Å²) in [4.78, 5) is 11.4. The lowest BCUT2D eigenvalue weighted by Crippen LogP contribution is -2.33. The van der Waals surface area contributed by atoms with Crippen LogP contribution in [-0.2, 0) is 18.4 Å². The zero-order valence-corrected chi connectivity index (χ0v) is 19.9. The van der Waals surface area contributed by atoms with Crippen LogP contribution in [0, 0.1) is 6.92 Å². The SMILES string of the molecule is Cc1cccc(CN2CCC(c3nnc4ccc(-c5ccnn5C)nn34)CC2)c1.O=C(O)C(F)(F)F. The zero-order chi connectivity index (χ0) is 25.9. The number of hydrogen-bond donors (Lipinski definition) is 1. The number of halogens is 3. The molecule has 0 radical (unpaired) electrons. The molecule has 1 aliphatic rings. The van der Waals surface area contributed by atoms with Crippen molar-refractivity contribution >= 4 is 11.6 Å². The van der Waals surface area contributed by atoms with E-state index in [4.69, 9.17) is 15.0 Å². The Morgan fingerprint density at radius 1 is 1.11 bits per heavy atom. The van der Waals surface area contributed by atoms with Crippen molar-refractivity contribution in [1.82, 2.24) is 34.5 Å². The molecule has 1 saturated heterocycles. The van der Waals surface area contributed by atoms with Crippen LogP contribution in [0.2, 0.25) is 0 Å². The maximum Gasteiger partial charge on any atom is 0.490 e. The van der Waals surface area contributed by atoms with Gasteiger partial charge in [-0.3, -0.25) is 9.58 Å². The number of benzene rings is 1. The number of aryl methyl sites for hydroxylation is 2. The van der Waals surface area contributed by atoms with Crippen molar-refractivity contribution in [3.8, 4) is 11.4 Å². The van der Waals surface area contributed by atoms with Gasteiger partial charge in [0.2, 0.25) is 0 Å². The van der Waals surface area contributed by atoms with Gasteiger partial charge in [-0.25, -0.2) is 4.79 Å². The van der Waals surface area contributed by atoms with Crippen LogP contribution in [-0.4, -0.2) is 64.8 Å². The number of alkyl halides is 3. The van der Waals surface area contributed by atoms with Gasteiger partial charge in [-0.05, 0) is 56.6 Å². The van der Waals surface area contributed by atoms with Crippen molar-refractivity contribution in [2.75, 3.05) is 13.1 Å². The minimum atomic E-state index is -5.08. The highest BCUT2D eigenvalue weighted by atomic mass is 19.4. The van der Waals surface area contributed by atoms with E-state index in [0.29, 0.717) is 5.92 Å². The quantitative estimate of drug-likeness (QED) is 0.453. The van der Waals surface area contributed by atoms with Crippen LogP contribution in [0.15, 0.2) is 48.7 Å². The van der Waals surface area contributed by atoms with Gasteiger partial charge in [-0.15, -0.1) is 10.2 Å². The average molecular weight is 502 g/mol. The third kappa shape index (κ3) is 5.88. The number of hydrogen-bond acceptors (Lipinski definition) is 6. The van der Waals surface area contributed by atoms with E-state index in [1.165, 1.54) is 11.1 Å². The first-order chi connectivity index (χ1) is 17.1. The van der Waals surface area contributed by atoms with Crippen molar-refractivity contribution in [3.63, 3.8) is 0 Å². The van der Waals surface area contributed by atoms with E-state index in [1.54, 1.807) is 6.20 Å². The summed E-state index contributed by atoms with van der Waals surface area (Å²) in [5.74, 6) is -1.40. The fraction of sp³-hybridized carbons (Fsp3) is 0.375. The molecule has 5 rings (SSSR count). The number of piperidine rings is 1. The van der Waals surface area contributed by atoms with E-state index in [9.17, 15) is 13.2 Å². The maximum atomic E-state index is 10.6. The topological polar surface area (TPSA) is 101 Å². The van der Waals surface area contributed by atoms with Gasteiger partial charge in [0.05, 0.1) is 5.69 Å². The minimum absolute atomic E-state index is 0.382. The predicted molar refractivity (Wildman–Crippen MR) is 125 cm³/mol. The summed E-state index contributed by atoms with van der Waals surface area (Å²) in [7, 11) is 1.93. The van der Waals surface area contributed by atoms with E-state index in [1.807, 2.05) is 34.4 Å². The van der Waals surface area contributed by atoms with Crippen LogP contribution in [0.3, 0.4) is 0 Å². The first-order valence-electron chi connectivity index (χ1n) is 11.4. The Balaban J connectivity index is 0.000000384. The van der Waals surface area contributed by atoms with Gasteiger partial charge in [0.1, 0.15) is 5.69 Å². The molecule has 4 heterocycles. The Morgan fingerprint density at radius 3 is 2.44 bits per heavy atom. The number of nitrogens with zero attached hydrogens (tertiary/aromatic N) is 7. The molecule has 0 unspecified atom stereocenters. The largest absolute Gasteiger partial charge is 0.490 e. The minimum Gasteiger partial charge on any atom is -0.475 e. The first-order valence-corrected chi connectivity index (χ1v) is 11.4. The Bertz CT molecular complexity index is 1340. The lowest BCUT2D eigenvalue weighted by Gasteiger charge is -2.31.